The van der Waals surface area contributed by atoms with Gasteiger partial charge >= 0.3 is 0 Å². The Morgan fingerprint density at radius 1 is 1.06 bits per heavy atom. The zero-order chi connectivity index (χ0) is 22.3. The fourth-order valence-electron chi connectivity index (χ4n) is 4.11. The van der Waals surface area contributed by atoms with Crippen molar-refractivity contribution in [2.75, 3.05) is 32.7 Å². The van der Waals surface area contributed by atoms with Crippen molar-refractivity contribution >= 4 is 17.7 Å². The van der Waals surface area contributed by atoms with Gasteiger partial charge in [0, 0.05) is 45.0 Å². The van der Waals surface area contributed by atoms with E-state index < -0.39 is 5.92 Å². The van der Waals surface area contributed by atoms with Gasteiger partial charge in [-0.3, -0.25) is 19.4 Å². The Bertz CT molecular complexity index is 938. The number of carbonyl (C=O) groups excluding carboxylic acids is 3. The van der Waals surface area contributed by atoms with Crippen LogP contribution >= 0.6 is 0 Å². The summed E-state index contributed by atoms with van der Waals surface area (Å²) in [6.45, 7) is 2.00. The maximum absolute atomic E-state index is 13.0. The second kappa shape index (κ2) is 10.4. The van der Waals surface area contributed by atoms with E-state index in [4.69, 9.17) is 4.74 Å². The molecule has 3 heterocycles. The van der Waals surface area contributed by atoms with E-state index in [-0.39, 0.29) is 36.8 Å². The average molecular weight is 437 g/mol. The Labute approximate surface area is 187 Å². The smallest absolute Gasteiger partial charge is 0.242 e. The number of ether oxygens (including phenoxy) is 1. The molecule has 8 nitrogen and oxygen atoms in total. The fraction of sp³-hybridized carbons (Fsp3) is 0.417. The highest BCUT2D eigenvalue weighted by Crippen LogP contribution is 2.18. The maximum Gasteiger partial charge on any atom is 0.242 e. The predicted octanol–water partition coefficient (Wildman–Crippen LogP) is 1.02. The molecule has 0 radical (unpaired) electrons. The number of pyridine rings is 1. The van der Waals surface area contributed by atoms with Crippen LogP contribution in [0.2, 0.25) is 0 Å². The van der Waals surface area contributed by atoms with Crippen molar-refractivity contribution in [3.05, 3.63) is 66.0 Å². The van der Waals surface area contributed by atoms with Crippen LogP contribution in [0.15, 0.2) is 54.9 Å². The molecule has 0 spiro atoms. The van der Waals surface area contributed by atoms with Gasteiger partial charge in [0.05, 0.1) is 25.2 Å². The van der Waals surface area contributed by atoms with Crippen LogP contribution in [-0.4, -0.2) is 71.3 Å². The Morgan fingerprint density at radius 2 is 1.84 bits per heavy atom. The quantitative estimate of drug-likeness (QED) is 0.700. The van der Waals surface area contributed by atoms with E-state index in [0.717, 1.165) is 17.5 Å². The van der Waals surface area contributed by atoms with Crippen LogP contribution in [0.4, 0.5) is 0 Å². The van der Waals surface area contributed by atoms with E-state index in [9.17, 15) is 14.4 Å². The molecule has 0 bridgehead atoms. The number of hydrogen-bond donors (Lipinski definition) is 1. The van der Waals surface area contributed by atoms with Crippen molar-refractivity contribution in [2.45, 2.75) is 25.6 Å². The van der Waals surface area contributed by atoms with Gasteiger partial charge in [-0.25, -0.2) is 0 Å². The summed E-state index contributed by atoms with van der Waals surface area (Å²) in [7, 11) is 0. The molecule has 8 heteroatoms. The molecule has 32 heavy (non-hydrogen) atoms. The summed E-state index contributed by atoms with van der Waals surface area (Å²) in [4.78, 5) is 45.0. The van der Waals surface area contributed by atoms with E-state index in [2.05, 4.69) is 10.3 Å². The molecule has 2 atom stereocenters. The molecule has 1 N–H and O–H groups in total. The Morgan fingerprint density at radius 3 is 2.56 bits per heavy atom. The van der Waals surface area contributed by atoms with Gasteiger partial charge in [0.1, 0.15) is 0 Å². The van der Waals surface area contributed by atoms with E-state index in [1.54, 1.807) is 22.2 Å². The maximum atomic E-state index is 13.0. The minimum Gasteiger partial charge on any atom is -0.370 e. The summed E-state index contributed by atoms with van der Waals surface area (Å²) >= 11 is 0. The molecule has 168 valence electrons. The van der Waals surface area contributed by atoms with Crippen molar-refractivity contribution in [1.82, 2.24) is 20.1 Å². The lowest BCUT2D eigenvalue weighted by atomic mass is 10.1. The topological polar surface area (TPSA) is 91.8 Å². The Hall–Kier alpha value is -3.26. The number of hydrogen-bond acceptors (Lipinski definition) is 5. The minimum absolute atomic E-state index is 0.00737. The Balaban J connectivity index is 1.45. The number of aromatic nitrogens is 1. The monoisotopic (exact) mass is 436 g/mol. The van der Waals surface area contributed by atoms with Gasteiger partial charge in [0.2, 0.25) is 17.7 Å². The number of rotatable bonds is 7. The van der Waals surface area contributed by atoms with Gasteiger partial charge in [0.25, 0.3) is 0 Å². The second-order valence-corrected chi connectivity index (χ2v) is 8.29. The molecule has 1 aromatic heterocycles. The van der Waals surface area contributed by atoms with Gasteiger partial charge in [-0.05, 0) is 29.7 Å². The van der Waals surface area contributed by atoms with Crippen molar-refractivity contribution in [3.63, 3.8) is 0 Å². The lowest BCUT2D eigenvalue weighted by molar-refractivity contribution is -0.141. The standard InChI is InChI=1S/C24H28N4O4/c29-22-12-20(13-26-22)24(31)28-15-21(32-17-19-6-9-25-10-7-19)14-27(23(30)16-28)11-8-18-4-2-1-3-5-18/h1-7,9-10,20-21H,8,11-17H2,(H,26,29)/t20-,21-/m0/s1. The molecular formula is C24H28N4O4. The normalized spacial score (nSPS) is 21.4. The van der Waals surface area contributed by atoms with Gasteiger partial charge in [-0.15, -0.1) is 0 Å². The van der Waals surface area contributed by atoms with Gasteiger partial charge in [-0.1, -0.05) is 30.3 Å². The zero-order valence-corrected chi connectivity index (χ0v) is 18.0. The van der Waals surface area contributed by atoms with E-state index in [1.165, 1.54) is 0 Å². The summed E-state index contributed by atoms with van der Waals surface area (Å²) in [5.41, 5.74) is 2.14. The highest BCUT2D eigenvalue weighted by molar-refractivity contribution is 5.91. The number of nitrogens with zero attached hydrogens (tertiary/aromatic N) is 3. The number of nitrogens with one attached hydrogen (secondary N) is 1. The molecule has 2 fully saturated rings. The van der Waals surface area contributed by atoms with E-state index in [0.29, 0.717) is 32.8 Å². The first-order valence-corrected chi connectivity index (χ1v) is 11.0. The molecule has 2 aliphatic rings. The number of amides is 3. The first-order valence-electron chi connectivity index (χ1n) is 11.0. The van der Waals surface area contributed by atoms with Crippen LogP contribution in [0.25, 0.3) is 0 Å². The fourth-order valence-corrected chi connectivity index (χ4v) is 4.11. The van der Waals surface area contributed by atoms with Crippen molar-refractivity contribution in [2.24, 2.45) is 5.92 Å². The summed E-state index contributed by atoms with van der Waals surface area (Å²) in [5.74, 6) is -0.813. The average Bonchev–Trinajstić information content (AvgIpc) is 3.19. The van der Waals surface area contributed by atoms with Crippen molar-refractivity contribution in [1.29, 1.82) is 0 Å². The third-order valence-corrected chi connectivity index (χ3v) is 5.91. The summed E-state index contributed by atoms with van der Waals surface area (Å²) in [6, 6.07) is 13.8. The second-order valence-electron chi connectivity index (χ2n) is 8.29. The largest absolute Gasteiger partial charge is 0.370 e. The van der Waals surface area contributed by atoms with Crippen LogP contribution < -0.4 is 5.32 Å². The first kappa shape index (κ1) is 22.0. The summed E-state index contributed by atoms with van der Waals surface area (Å²) in [5, 5.41) is 2.70. The lowest BCUT2D eigenvalue weighted by Gasteiger charge is -2.26. The molecule has 1 aromatic carbocycles. The van der Waals surface area contributed by atoms with Crippen LogP contribution in [0.5, 0.6) is 0 Å². The van der Waals surface area contributed by atoms with Crippen LogP contribution in [0, 0.1) is 5.92 Å². The lowest BCUT2D eigenvalue weighted by Crippen LogP contribution is -2.43. The molecular weight excluding hydrogens is 408 g/mol. The molecule has 2 aromatic rings. The third-order valence-electron chi connectivity index (χ3n) is 5.91. The first-order chi connectivity index (χ1) is 15.6. The minimum atomic E-state index is -0.424. The van der Waals surface area contributed by atoms with Gasteiger partial charge in [-0.2, -0.15) is 0 Å². The van der Waals surface area contributed by atoms with Gasteiger partial charge < -0.3 is 19.9 Å². The summed E-state index contributed by atoms with van der Waals surface area (Å²) in [6.07, 6.45) is 4.00. The highest BCUT2D eigenvalue weighted by atomic mass is 16.5. The molecule has 2 aliphatic heterocycles. The van der Waals surface area contributed by atoms with E-state index in [1.807, 2.05) is 42.5 Å². The molecule has 0 unspecified atom stereocenters. The molecule has 2 saturated heterocycles. The van der Waals surface area contributed by atoms with Crippen LogP contribution in [-0.2, 0) is 32.1 Å². The summed E-state index contributed by atoms with van der Waals surface area (Å²) < 4.78 is 6.15. The SMILES string of the molecule is O=C1C[C@H](C(=O)N2CC(=O)N(CCc3ccccc3)C[C@H](OCc3ccncc3)C2)CN1. The molecule has 3 amide bonds. The third kappa shape index (κ3) is 5.70. The predicted molar refractivity (Wildman–Crippen MR) is 117 cm³/mol. The highest BCUT2D eigenvalue weighted by Gasteiger charge is 2.36. The van der Waals surface area contributed by atoms with Gasteiger partial charge in [0.15, 0.2) is 0 Å². The van der Waals surface area contributed by atoms with Crippen LogP contribution in [0.1, 0.15) is 17.5 Å². The van der Waals surface area contributed by atoms with Crippen molar-refractivity contribution < 1.29 is 19.1 Å². The zero-order valence-electron chi connectivity index (χ0n) is 18.0. The van der Waals surface area contributed by atoms with Crippen molar-refractivity contribution in [3.8, 4) is 0 Å². The number of benzene rings is 1. The number of carbonyl (C=O) groups is 3. The van der Waals surface area contributed by atoms with E-state index >= 15 is 0 Å². The van der Waals surface area contributed by atoms with Crippen LogP contribution in [0.3, 0.4) is 0 Å². The molecule has 4 rings (SSSR count). The Kier molecular flexibility index (Phi) is 7.11. The molecule has 0 aliphatic carbocycles. The molecule has 0 saturated carbocycles.